The van der Waals surface area contributed by atoms with Crippen LogP contribution in [0, 0.1) is 0 Å². The van der Waals surface area contributed by atoms with Crippen LogP contribution in [0.4, 0.5) is 0 Å². The Balaban J connectivity index is 2.82. The second-order valence-corrected chi connectivity index (χ2v) is 2.84. The predicted octanol–water partition coefficient (Wildman–Crippen LogP) is 2.61. The average molecular weight is 175 g/mol. The maximum atomic E-state index is 11.2. The molecule has 0 aromatic carbocycles. The fraction of sp³-hybridized carbons (Fsp3) is 0.100. The first-order chi connectivity index (χ1) is 6.24. The fourth-order valence-corrected chi connectivity index (χ4v) is 1.40. The third-order valence-electron chi connectivity index (χ3n) is 2.00. The number of H-pyrrole nitrogens is 1. The van der Waals surface area contributed by atoms with E-state index in [0.717, 1.165) is 11.1 Å². The quantitative estimate of drug-likeness (QED) is 0.713. The van der Waals surface area contributed by atoms with E-state index in [2.05, 4.69) is 11.6 Å². The highest BCUT2D eigenvalue weighted by molar-refractivity contribution is 6.02. The van der Waals surface area contributed by atoms with Gasteiger partial charge >= 0.3 is 0 Å². The summed E-state index contributed by atoms with van der Waals surface area (Å²) in [5.41, 5.74) is 2.83. The standard InChI is InChI=1S/C10H9NO2/c1-3-7-9(6(2)12)11-8-4-5-13-10(7)8/h3-5,11H,1H2,2H3. The third kappa shape index (κ3) is 1.01. The van der Waals surface area contributed by atoms with Gasteiger partial charge in [-0.3, -0.25) is 4.79 Å². The molecule has 0 saturated heterocycles. The molecule has 2 aromatic rings. The third-order valence-corrected chi connectivity index (χ3v) is 2.00. The summed E-state index contributed by atoms with van der Waals surface area (Å²) in [4.78, 5) is 14.2. The summed E-state index contributed by atoms with van der Waals surface area (Å²) in [6, 6.07) is 1.79. The average Bonchev–Trinajstić information content (AvgIpc) is 2.60. The van der Waals surface area contributed by atoms with Crippen LogP contribution in [0.2, 0.25) is 0 Å². The van der Waals surface area contributed by atoms with E-state index in [0.29, 0.717) is 11.3 Å². The number of hydrogen-bond acceptors (Lipinski definition) is 2. The minimum atomic E-state index is -0.0127. The minimum absolute atomic E-state index is 0.0127. The Morgan fingerprint density at radius 1 is 1.69 bits per heavy atom. The van der Waals surface area contributed by atoms with Gasteiger partial charge in [-0.2, -0.15) is 0 Å². The van der Waals surface area contributed by atoms with Gasteiger partial charge in [0.05, 0.1) is 17.5 Å². The Morgan fingerprint density at radius 3 is 3.08 bits per heavy atom. The van der Waals surface area contributed by atoms with Crippen LogP contribution >= 0.6 is 0 Å². The molecule has 0 spiro atoms. The first kappa shape index (κ1) is 7.86. The van der Waals surface area contributed by atoms with Crippen molar-refractivity contribution in [3.8, 4) is 0 Å². The summed E-state index contributed by atoms with van der Waals surface area (Å²) in [6.45, 7) is 5.16. The van der Waals surface area contributed by atoms with Crippen LogP contribution < -0.4 is 0 Å². The summed E-state index contributed by atoms with van der Waals surface area (Å²) in [6.07, 6.45) is 3.21. The Bertz CT molecular complexity index is 476. The predicted molar refractivity (Wildman–Crippen MR) is 50.7 cm³/mol. The van der Waals surface area contributed by atoms with Crippen LogP contribution in [-0.2, 0) is 0 Å². The molecule has 3 heteroatoms. The van der Waals surface area contributed by atoms with E-state index in [-0.39, 0.29) is 5.78 Å². The largest absolute Gasteiger partial charge is 0.462 e. The lowest BCUT2D eigenvalue weighted by molar-refractivity contribution is 0.101. The van der Waals surface area contributed by atoms with Crippen LogP contribution in [0.15, 0.2) is 23.3 Å². The molecule has 0 aliphatic carbocycles. The van der Waals surface area contributed by atoms with Gasteiger partial charge in [-0.25, -0.2) is 0 Å². The zero-order valence-corrected chi connectivity index (χ0v) is 7.26. The molecule has 3 nitrogen and oxygen atoms in total. The summed E-state index contributed by atoms with van der Waals surface area (Å²) in [5, 5.41) is 0. The number of aromatic nitrogens is 1. The van der Waals surface area contributed by atoms with Crippen molar-refractivity contribution in [3.63, 3.8) is 0 Å². The Labute approximate surface area is 75.0 Å². The van der Waals surface area contributed by atoms with Gasteiger partial charge in [-0.1, -0.05) is 12.7 Å². The van der Waals surface area contributed by atoms with Gasteiger partial charge in [0.25, 0.3) is 0 Å². The number of ketones is 1. The van der Waals surface area contributed by atoms with E-state index in [1.807, 2.05) is 0 Å². The van der Waals surface area contributed by atoms with Gasteiger partial charge in [-0.05, 0) is 0 Å². The highest BCUT2D eigenvalue weighted by atomic mass is 16.3. The molecule has 0 amide bonds. The van der Waals surface area contributed by atoms with Crippen molar-refractivity contribution in [2.45, 2.75) is 6.92 Å². The van der Waals surface area contributed by atoms with Gasteiger partial charge in [0.15, 0.2) is 11.4 Å². The normalized spacial score (nSPS) is 10.5. The lowest BCUT2D eigenvalue weighted by Gasteiger charge is -1.91. The maximum Gasteiger partial charge on any atom is 0.176 e. The molecule has 66 valence electrons. The van der Waals surface area contributed by atoms with Crippen molar-refractivity contribution in [2.24, 2.45) is 0 Å². The molecule has 0 bridgehead atoms. The van der Waals surface area contributed by atoms with Gasteiger partial charge in [0.1, 0.15) is 0 Å². The van der Waals surface area contributed by atoms with Crippen molar-refractivity contribution in [2.75, 3.05) is 0 Å². The van der Waals surface area contributed by atoms with E-state index >= 15 is 0 Å². The Morgan fingerprint density at radius 2 is 2.46 bits per heavy atom. The zero-order chi connectivity index (χ0) is 9.42. The first-order valence-corrected chi connectivity index (χ1v) is 3.96. The van der Waals surface area contributed by atoms with Crippen molar-refractivity contribution < 1.29 is 9.21 Å². The number of fused-ring (bicyclic) bond motifs is 1. The summed E-state index contributed by atoms with van der Waals surface area (Å²) >= 11 is 0. The molecule has 0 aliphatic heterocycles. The number of carbonyl (C=O) groups excluding carboxylic acids is 1. The van der Waals surface area contributed by atoms with Gasteiger partial charge in [0, 0.05) is 18.6 Å². The van der Waals surface area contributed by atoms with Crippen LogP contribution in [0.1, 0.15) is 23.0 Å². The number of furan rings is 1. The number of Topliss-reactive ketones (excluding diaryl/α,β-unsaturated/α-hetero) is 1. The second-order valence-electron chi connectivity index (χ2n) is 2.84. The summed E-state index contributed by atoms with van der Waals surface area (Å²) in [7, 11) is 0. The SMILES string of the molecule is C=Cc1c(C(C)=O)[nH]c2ccoc12. The molecule has 0 saturated carbocycles. The van der Waals surface area contributed by atoms with Crippen LogP contribution in [0.25, 0.3) is 17.2 Å². The lowest BCUT2D eigenvalue weighted by atomic mass is 10.2. The second kappa shape index (κ2) is 2.62. The molecular weight excluding hydrogens is 166 g/mol. The zero-order valence-electron chi connectivity index (χ0n) is 7.26. The molecule has 0 unspecified atom stereocenters. The summed E-state index contributed by atoms with van der Waals surface area (Å²) < 4.78 is 5.22. The molecule has 0 atom stereocenters. The molecule has 2 aromatic heterocycles. The molecule has 13 heavy (non-hydrogen) atoms. The van der Waals surface area contributed by atoms with E-state index in [4.69, 9.17) is 4.42 Å². The van der Waals surface area contributed by atoms with Gasteiger partial charge in [0.2, 0.25) is 0 Å². The Kier molecular flexibility index (Phi) is 1.59. The van der Waals surface area contributed by atoms with Crippen LogP contribution in [-0.4, -0.2) is 10.8 Å². The summed E-state index contributed by atoms with van der Waals surface area (Å²) in [5.74, 6) is -0.0127. The van der Waals surface area contributed by atoms with Crippen molar-refractivity contribution >= 4 is 23.0 Å². The van der Waals surface area contributed by atoms with Gasteiger partial charge < -0.3 is 9.40 Å². The van der Waals surface area contributed by atoms with Crippen LogP contribution in [0.5, 0.6) is 0 Å². The minimum Gasteiger partial charge on any atom is -0.462 e. The lowest BCUT2D eigenvalue weighted by Crippen LogP contribution is -1.94. The number of aromatic amines is 1. The van der Waals surface area contributed by atoms with E-state index in [1.165, 1.54) is 6.92 Å². The Hall–Kier alpha value is -1.77. The van der Waals surface area contributed by atoms with E-state index < -0.39 is 0 Å². The van der Waals surface area contributed by atoms with Crippen molar-refractivity contribution in [3.05, 3.63) is 30.2 Å². The molecule has 2 heterocycles. The fourth-order valence-electron chi connectivity index (χ4n) is 1.40. The monoisotopic (exact) mass is 175 g/mol. The number of carbonyl (C=O) groups is 1. The van der Waals surface area contributed by atoms with E-state index in [1.54, 1.807) is 18.4 Å². The highest BCUT2D eigenvalue weighted by Gasteiger charge is 2.13. The highest BCUT2D eigenvalue weighted by Crippen LogP contribution is 2.24. The molecule has 0 radical (unpaired) electrons. The van der Waals surface area contributed by atoms with Gasteiger partial charge in [-0.15, -0.1) is 0 Å². The topological polar surface area (TPSA) is 46.0 Å². The smallest absolute Gasteiger partial charge is 0.176 e. The van der Waals surface area contributed by atoms with Crippen LogP contribution in [0.3, 0.4) is 0 Å². The molecule has 1 N–H and O–H groups in total. The van der Waals surface area contributed by atoms with E-state index in [9.17, 15) is 4.79 Å². The van der Waals surface area contributed by atoms with Crippen molar-refractivity contribution in [1.82, 2.24) is 4.98 Å². The molecule has 2 rings (SSSR count). The number of rotatable bonds is 2. The number of nitrogens with one attached hydrogen (secondary N) is 1. The molecular formula is C10H9NO2. The molecule has 0 fully saturated rings. The first-order valence-electron chi connectivity index (χ1n) is 3.96. The maximum absolute atomic E-state index is 11.2. The number of hydrogen-bond donors (Lipinski definition) is 1. The van der Waals surface area contributed by atoms with Crippen molar-refractivity contribution in [1.29, 1.82) is 0 Å². The molecule has 0 aliphatic rings.